The molecule has 1 aliphatic heterocycles. The third kappa shape index (κ3) is 5.58. The number of aromatic nitrogens is 2. The highest BCUT2D eigenvalue weighted by atomic mass is 16.3. The number of rotatable bonds is 7. The van der Waals surface area contributed by atoms with E-state index in [0.29, 0.717) is 31.9 Å². The Bertz CT molecular complexity index is 1160. The molecule has 1 aromatic carbocycles. The van der Waals surface area contributed by atoms with Crippen molar-refractivity contribution in [1.82, 2.24) is 20.0 Å². The number of benzene rings is 1. The summed E-state index contributed by atoms with van der Waals surface area (Å²) in [7, 11) is 0. The van der Waals surface area contributed by atoms with Crippen molar-refractivity contribution in [3.05, 3.63) is 66.1 Å². The molecule has 1 aliphatic carbocycles. The SMILES string of the molecule is Cc1ccc(-c2ccc(N3CCCN(C(=O)CN(Cc4ccco4)C(=O)C4CCC4)CC3)nn2)cc1. The zero-order valence-corrected chi connectivity index (χ0v) is 20.8. The van der Waals surface area contributed by atoms with Crippen LogP contribution in [0.25, 0.3) is 11.3 Å². The smallest absolute Gasteiger partial charge is 0.242 e. The predicted molar refractivity (Wildman–Crippen MR) is 137 cm³/mol. The normalized spacial score (nSPS) is 16.4. The van der Waals surface area contributed by atoms with E-state index in [9.17, 15) is 9.59 Å². The molecule has 1 saturated heterocycles. The van der Waals surface area contributed by atoms with Gasteiger partial charge in [0.1, 0.15) is 12.3 Å². The fraction of sp³-hybridized carbons (Fsp3) is 0.429. The third-order valence-corrected chi connectivity index (χ3v) is 7.19. The number of aryl methyl sites for hydroxylation is 1. The minimum absolute atomic E-state index is 0.0168. The summed E-state index contributed by atoms with van der Waals surface area (Å²) in [6, 6.07) is 15.9. The Labute approximate surface area is 211 Å². The Morgan fingerprint density at radius 2 is 1.81 bits per heavy atom. The van der Waals surface area contributed by atoms with Crippen molar-refractivity contribution in [3.8, 4) is 11.3 Å². The lowest BCUT2D eigenvalue weighted by atomic mass is 9.84. The molecule has 0 spiro atoms. The highest BCUT2D eigenvalue weighted by molar-refractivity contribution is 5.86. The summed E-state index contributed by atoms with van der Waals surface area (Å²) in [6.45, 7) is 5.22. The van der Waals surface area contributed by atoms with E-state index in [4.69, 9.17) is 4.42 Å². The van der Waals surface area contributed by atoms with Crippen LogP contribution >= 0.6 is 0 Å². The van der Waals surface area contributed by atoms with Gasteiger partial charge in [-0.25, -0.2) is 0 Å². The number of amides is 2. The monoisotopic (exact) mass is 487 g/mol. The summed E-state index contributed by atoms with van der Waals surface area (Å²) in [5.41, 5.74) is 3.10. The van der Waals surface area contributed by atoms with E-state index in [0.717, 1.165) is 49.3 Å². The average Bonchev–Trinajstić information content (AvgIpc) is 3.24. The van der Waals surface area contributed by atoms with Crippen molar-refractivity contribution in [2.75, 3.05) is 37.6 Å². The van der Waals surface area contributed by atoms with Crippen LogP contribution < -0.4 is 4.90 Å². The Morgan fingerprint density at radius 3 is 2.47 bits per heavy atom. The Kier molecular flexibility index (Phi) is 7.30. The van der Waals surface area contributed by atoms with Gasteiger partial charge >= 0.3 is 0 Å². The van der Waals surface area contributed by atoms with Crippen LogP contribution in [0.2, 0.25) is 0 Å². The number of hydrogen-bond donors (Lipinski definition) is 0. The zero-order chi connectivity index (χ0) is 24.9. The number of anilines is 1. The van der Waals surface area contributed by atoms with Gasteiger partial charge in [0.15, 0.2) is 5.82 Å². The van der Waals surface area contributed by atoms with Gasteiger partial charge in [0, 0.05) is 37.7 Å². The summed E-state index contributed by atoms with van der Waals surface area (Å²) < 4.78 is 5.46. The molecule has 8 heteroatoms. The lowest BCUT2D eigenvalue weighted by Gasteiger charge is -2.32. The minimum atomic E-state index is -0.0168. The van der Waals surface area contributed by atoms with E-state index < -0.39 is 0 Å². The minimum Gasteiger partial charge on any atom is -0.467 e. The van der Waals surface area contributed by atoms with Crippen LogP contribution in [0.5, 0.6) is 0 Å². The van der Waals surface area contributed by atoms with Crippen molar-refractivity contribution < 1.29 is 14.0 Å². The first-order valence-corrected chi connectivity index (χ1v) is 12.8. The second-order valence-electron chi connectivity index (χ2n) is 9.77. The fourth-order valence-corrected chi connectivity index (χ4v) is 4.75. The first-order chi connectivity index (χ1) is 17.6. The molecule has 0 atom stereocenters. The van der Waals surface area contributed by atoms with Gasteiger partial charge in [-0.15, -0.1) is 10.2 Å². The van der Waals surface area contributed by atoms with Gasteiger partial charge in [-0.2, -0.15) is 0 Å². The molecule has 3 aromatic rings. The van der Waals surface area contributed by atoms with Gasteiger partial charge < -0.3 is 19.1 Å². The molecule has 2 aliphatic rings. The Balaban J connectivity index is 1.20. The Hall–Kier alpha value is -3.68. The van der Waals surface area contributed by atoms with Gasteiger partial charge in [0.25, 0.3) is 0 Å². The first kappa shape index (κ1) is 24.0. The molecule has 0 unspecified atom stereocenters. The molecule has 188 valence electrons. The van der Waals surface area contributed by atoms with Crippen LogP contribution in [-0.4, -0.2) is 64.5 Å². The summed E-state index contributed by atoms with van der Waals surface area (Å²) in [5, 5.41) is 8.91. The topological polar surface area (TPSA) is 82.8 Å². The number of furan rings is 1. The summed E-state index contributed by atoms with van der Waals surface area (Å²) in [5.74, 6) is 1.60. The van der Waals surface area contributed by atoms with E-state index in [1.54, 1.807) is 11.2 Å². The van der Waals surface area contributed by atoms with Gasteiger partial charge in [-0.05, 0) is 50.5 Å². The lowest BCUT2D eigenvalue weighted by molar-refractivity contribution is -0.145. The standard InChI is InChI=1S/C28H33N5O3/c1-21-8-10-22(11-9-21)25-12-13-26(30-29-25)31-14-4-15-32(17-16-31)27(34)20-33(19-24-7-3-18-36-24)28(35)23-5-2-6-23/h3,7-13,18,23H,2,4-6,14-17,19-20H2,1H3. The van der Waals surface area contributed by atoms with Crippen LogP contribution in [-0.2, 0) is 16.1 Å². The molecular weight excluding hydrogens is 454 g/mol. The van der Waals surface area contributed by atoms with Gasteiger partial charge in [-0.1, -0.05) is 36.2 Å². The molecule has 2 amide bonds. The van der Waals surface area contributed by atoms with Crippen LogP contribution in [0.3, 0.4) is 0 Å². The quantitative estimate of drug-likeness (QED) is 0.503. The number of nitrogens with zero attached hydrogens (tertiary/aromatic N) is 5. The molecule has 1 saturated carbocycles. The molecule has 0 N–H and O–H groups in total. The van der Waals surface area contributed by atoms with Crippen LogP contribution in [0.1, 0.15) is 37.0 Å². The molecule has 8 nitrogen and oxygen atoms in total. The molecule has 36 heavy (non-hydrogen) atoms. The van der Waals surface area contributed by atoms with Crippen LogP contribution in [0, 0.1) is 12.8 Å². The van der Waals surface area contributed by atoms with Gasteiger partial charge in [0.2, 0.25) is 11.8 Å². The predicted octanol–water partition coefficient (Wildman–Crippen LogP) is 3.91. The maximum absolute atomic E-state index is 13.2. The van der Waals surface area contributed by atoms with E-state index in [-0.39, 0.29) is 24.3 Å². The molecule has 0 radical (unpaired) electrons. The van der Waals surface area contributed by atoms with E-state index >= 15 is 0 Å². The fourth-order valence-electron chi connectivity index (χ4n) is 4.75. The van der Waals surface area contributed by atoms with E-state index in [1.165, 1.54) is 5.56 Å². The Morgan fingerprint density at radius 1 is 0.972 bits per heavy atom. The summed E-state index contributed by atoms with van der Waals surface area (Å²) in [6.07, 6.45) is 5.33. The lowest BCUT2D eigenvalue weighted by Crippen LogP contribution is -2.46. The first-order valence-electron chi connectivity index (χ1n) is 12.8. The van der Waals surface area contributed by atoms with Crippen molar-refractivity contribution in [1.29, 1.82) is 0 Å². The van der Waals surface area contributed by atoms with Crippen LogP contribution in [0.15, 0.2) is 59.2 Å². The molecule has 5 rings (SSSR count). The molecular formula is C28H33N5O3. The molecule has 3 heterocycles. The zero-order valence-electron chi connectivity index (χ0n) is 20.8. The van der Waals surface area contributed by atoms with Crippen molar-refractivity contribution in [2.24, 2.45) is 5.92 Å². The van der Waals surface area contributed by atoms with E-state index in [1.807, 2.05) is 29.2 Å². The third-order valence-electron chi connectivity index (χ3n) is 7.19. The second kappa shape index (κ2) is 10.9. The number of carbonyl (C=O) groups is 2. The maximum atomic E-state index is 13.2. The highest BCUT2D eigenvalue weighted by Gasteiger charge is 2.32. The summed E-state index contributed by atoms with van der Waals surface area (Å²) >= 11 is 0. The molecule has 2 aromatic heterocycles. The largest absolute Gasteiger partial charge is 0.467 e. The van der Waals surface area contributed by atoms with Crippen molar-refractivity contribution >= 4 is 17.6 Å². The van der Waals surface area contributed by atoms with Crippen molar-refractivity contribution in [3.63, 3.8) is 0 Å². The van der Waals surface area contributed by atoms with Crippen molar-refractivity contribution in [2.45, 2.75) is 39.2 Å². The highest BCUT2D eigenvalue weighted by Crippen LogP contribution is 2.29. The van der Waals surface area contributed by atoms with Gasteiger partial charge in [-0.3, -0.25) is 9.59 Å². The summed E-state index contributed by atoms with van der Waals surface area (Å²) in [4.78, 5) is 32.0. The molecule has 0 bridgehead atoms. The number of carbonyl (C=O) groups excluding carboxylic acids is 2. The van der Waals surface area contributed by atoms with E-state index in [2.05, 4.69) is 46.3 Å². The second-order valence-corrected chi connectivity index (χ2v) is 9.77. The maximum Gasteiger partial charge on any atom is 0.242 e. The number of hydrogen-bond acceptors (Lipinski definition) is 6. The molecule has 2 fully saturated rings. The van der Waals surface area contributed by atoms with Gasteiger partial charge in [0.05, 0.1) is 18.5 Å². The average molecular weight is 488 g/mol. The van der Waals surface area contributed by atoms with Crippen LogP contribution in [0.4, 0.5) is 5.82 Å².